The standard InChI is InChI=1S/C19H28O2/c1-6-7-8-9-17-10-11-18(20-13-15(2)3)19(12-17)21-14-16(4)5/h10-12,15-16H,8-9,13-14H2,1-5H3. The summed E-state index contributed by atoms with van der Waals surface area (Å²) in [5.74, 6) is 8.73. The van der Waals surface area contributed by atoms with E-state index in [4.69, 9.17) is 9.47 Å². The summed E-state index contributed by atoms with van der Waals surface area (Å²) >= 11 is 0. The van der Waals surface area contributed by atoms with E-state index in [1.165, 1.54) is 5.56 Å². The molecule has 0 spiro atoms. The predicted octanol–water partition coefficient (Wildman–Crippen LogP) is 4.71. The SMILES string of the molecule is CC#CCCc1ccc(OCC(C)C)c(OCC(C)C)c1. The first-order valence-electron chi connectivity index (χ1n) is 7.81. The van der Waals surface area contributed by atoms with E-state index in [0.29, 0.717) is 25.0 Å². The first kappa shape index (κ1) is 17.4. The van der Waals surface area contributed by atoms with Gasteiger partial charge >= 0.3 is 0 Å². The third-order valence-corrected chi connectivity index (χ3v) is 2.87. The molecule has 1 aromatic rings. The molecule has 0 aliphatic heterocycles. The number of benzene rings is 1. The minimum atomic E-state index is 0.498. The van der Waals surface area contributed by atoms with Gasteiger partial charge < -0.3 is 9.47 Å². The number of aryl methyl sites for hydroxylation is 1. The fourth-order valence-corrected chi connectivity index (χ4v) is 1.78. The van der Waals surface area contributed by atoms with Gasteiger partial charge in [-0.15, -0.1) is 11.8 Å². The van der Waals surface area contributed by atoms with Gasteiger partial charge in [0, 0.05) is 6.42 Å². The van der Waals surface area contributed by atoms with E-state index in [2.05, 4.69) is 51.7 Å². The lowest BCUT2D eigenvalue weighted by Crippen LogP contribution is -2.09. The maximum absolute atomic E-state index is 5.92. The third kappa shape index (κ3) is 7.09. The quantitative estimate of drug-likeness (QED) is 0.645. The first-order valence-corrected chi connectivity index (χ1v) is 7.81. The van der Waals surface area contributed by atoms with Gasteiger partial charge in [-0.2, -0.15) is 0 Å². The summed E-state index contributed by atoms with van der Waals surface area (Å²) < 4.78 is 11.8. The molecule has 21 heavy (non-hydrogen) atoms. The third-order valence-electron chi connectivity index (χ3n) is 2.87. The van der Waals surface area contributed by atoms with Crippen LogP contribution in [0.2, 0.25) is 0 Å². The zero-order chi connectivity index (χ0) is 15.7. The predicted molar refractivity (Wildman–Crippen MR) is 88.9 cm³/mol. The maximum atomic E-state index is 5.92. The van der Waals surface area contributed by atoms with Gasteiger partial charge in [-0.1, -0.05) is 33.8 Å². The molecule has 116 valence electrons. The summed E-state index contributed by atoms with van der Waals surface area (Å²) in [6, 6.07) is 6.22. The van der Waals surface area contributed by atoms with Gasteiger partial charge in [0.15, 0.2) is 11.5 Å². The number of hydrogen-bond donors (Lipinski definition) is 0. The molecule has 0 amide bonds. The second-order valence-electron chi connectivity index (χ2n) is 6.12. The van der Waals surface area contributed by atoms with E-state index in [9.17, 15) is 0 Å². The topological polar surface area (TPSA) is 18.5 Å². The van der Waals surface area contributed by atoms with Crippen molar-refractivity contribution in [2.45, 2.75) is 47.5 Å². The Morgan fingerprint density at radius 1 is 0.952 bits per heavy atom. The van der Waals surface area contributed by atoms with E-state index in [1.807, 2.05) is 13.0 Å². The highest BCUT2D eigenvalue weighted by Crippen LogP contribution is 2.29. The lowest BCUT2D eigenvalue weighted by molar-refractivity contribution is 0.229. The van der Waals surface area contributed by atoms with Crippen molar-refractivity contribution in [3.8, 4) is 23.3 Å². The molecule has 0 atom stereocenters. The smallest absolute Gasteiger partial charge is 0.161 e. The molecule has 0 N–H and O–H groups in total. The molecule has 2 heteroatoms. The van der Waals surface area contributed by atoms with Crippen molar-refractivity contribution in [3.05, 3.63) is 23.8 Å². The molecule has 0 saturated heterocycles. The van der Waals surface area contributed by atoms with Crippen LogP contribution >= 0.6 is 0 Å². The summed E-state index contributed by atoms with van der Waals surface area (Å²) in [6.07, 6.45) is 1.83. The van der Waals surface area contributed by atoms with Crippen molar-refractivity contribution < 1.29 is 9.47 Å². The largest absolute Gasteiger partial charge is 0.489 e. The Morgan fingerprint density at radius 3 is 2.14 bits per heavy atom. The van der Waals surface area contributed by atoms with Crippen molar-refractivity contribution in [1.82, 2.24) is 0 Å². The fourth-order valence-electron chi connectivity index (χ4n) is 1.78. The number of rotatable bonds is 8. The van der Waals surface area contributed by atoms with Crippen molar-refractivity contribution in [2.75, 3.05) is 13.2 Å². The van der Waals surface area contributed by atoms with Crippen LogP contribution < -0.4 is 9.47 Å². The molecule has 0 unspecified atom stereocenters. The molecule has 0 aliphatic rings. The highest BCUT2D eigenvalue weighted by atomic mass is 16.5. The molecular weight excluding hydrogens is 260 g/mol. The summed E-state index contributed by atoms with van der Waals surface area (Å²) in [6.45, 7) is 11.9. The lowest BCUT2D eigenvalue weighted by Gasteiger charge is -2.16. The van der Waals surface area contributed by atoms with E-state index < -0.39 is 0 Å². The Labute approximate surface area is 129 Å². The van der Waals surface area contributed by atoms with Crippen LogP contribution in [0.3, 0.4) is 0 Å². The Kier molecular flexibility index (Phi) is 7.75. The fraction of sp³-hybridized carbons (Fsp3) is 0.579. The van der Waals surface area contributed by atoms with Crippen molar-refractivity contribution in [3.63, 3.8) is 0 Å². The van der Waals surface area contributed by atoms with Gasteiger partial charge in [0.25, 0.3) is 0 Å². The Bertz CT molecular complexity index is 478. The average molecular weight is 288 g/mol. The van der Waals surface area contributed by atoms with Crippen LogP contribution in [0.15, 0.2) is 18.2 Å². The van der Waals surface area contributed by atoms with E-state index in [1.54, 1.807) is 0 Å². The lowest BCUT2D eigenvalue weighted by atomic mass is 10.1. The minimum absolute atomic E-state index is 0.498. The normalized spacial score (nSPS) is 10.4. The molecule has 2 nitrogen and oxygen atoms in total. The van der Waals surface area contributed by atoms with Crippen LogP contribution in [0.5, 0.6) is 11.5 Å². The zero-order valence-electron chi connectivity index (χ0n) is 14.0. The van der Waals surface area contributed by atoms with Crippen molar-refractivity contribution >= 4 is 0 Å². The number of hydrogen-bond acceptors (Lipinski definition) is 2. The molecule has 0 radical (unpaired) electrons. The van der Waals surface area contributed by atoms with Gasteiger partial charge in [0.2, 0.25) is 0 Å². The molecule has 0 aliphatic carbocycles. The average Bonchev–Trinajstić information content (AvgIpc) is 2.44. The summed E-state index contributed by atoms with van der Waals surface area (Å²) in [7, 11) is 0. The highest BCUT2D eigenvalue weighted by molar-refractivity contribution is 5.43. The minimum Gasteiger partial charge on any atom is -0.489 e. The van der Waals surface area contributed by atoms with Gasteiger partial charge in [-0.3, -0.25) is 0 Å². The van der Waals surface area contributed by atoms with Gasteiger partial charge in [-0.05, 0) is 42.9 Å². The van der Waals surface area contributed by atoms with Gasteiger partial charge in [0.1, 0.15) is 0 Å². The van der Waals surface area contributed by atoms with E-state index >= 15 is 0 Å². The summed E-state index contributed by atoms with van der Waals surface area (Å²) in [4.78, 5) is 0. The van der Waals surface area contributed by atoms with Crippen LogP contribution in [-0.4, -0.2) is 13.2 Å². The number of ether oxygens (including phenoxy) is 2. The second kappa shape index (κ2) is 9.34. The molecule has 0 saturated carbocycles. The maximum Gasteiger partial charge on any atom is 0.161 e. The van der Waals surface area contributed by atoms with Crippen LogP contribution in [0, 0.1) is 23.7 Å². The molecule has 0 fully saturated rings. The monoisotopic (exact) mass is 288 g/mol. The molecule has 0 aromatic heterocycles. The molecule has 0 heterocycles. The Hall–Kier alpha value is -1.62. The highest BCUT2D eigenvalue weighted by Gasteiger charge is 2.09. The first-order chi connectivity index (χ1) is 10.0. The Morgan fingerprint density at radius 2 is 1.57 bits per heavy atom. The van der Waals surface area contributed by atoms with E-state index in [0.717, 1.165) is 24.3 Å². The molecule has 1 aromatic carbocycles. The van der Waals surface area contributed by atoms with Gasteiger partial charge in [-0.25, -0.2) is 0 Å². The summed E-state index contributed by atoms with van der Waals surface area (Å²) in [5, 5.41) is 0. The van der Waals surface area contributed by atoms with Crippen LogP contribution in [0.4, 0.5) is 0 Å². The van der Waals surface area contributed by atoms with Crippen LogP contribution in [0.1, 0.15) is 46.6 Å². The Balaban J connectivity index is 2.81. The van der Waals surface area contributed by atoms with Crippen molar-refractivity contribution in [2.24, 2.45) is 11.8 Å². The van der Waals surface area contributed by atoms with Crippen LogP contribution in [0.25, 0.3) is 0 Å². The zero-order valence-corrected chi connectivity index (χ0v) is 14.0. The molecule has 1 rings (SSSR count). The molecule has 0 bridgehead atoms. The molecular formula is C19H28O2. The van der Waals surface area contributed by atoms with Crippen LogP contribution in [-0.2, 0) is 6.42 Å². The van der Waals surface area contributed by atoms with Crippen molar-refractivity contribution in [1.29, 1.82) is 0 Å². The summed E-state index contributed by atoms with van der Waals surface area (Å²) in [5.41, 5.74) is 1.24. The van der Waals surface area contributed by atoms with Gasteiger partial charge in [0.05, 0.1) is 13.2 Å². The second-order valence-corrected chi connectivity index (χ2v) is 6.12. The van der Waals surface area contributed by atoms with E-state index in [-0.39, 0.29) is 0 Å².